The average Bonchev–Trinajstić information content (AvgIpc) is 3.49. The van der Waals surface area contributed by atoms with E-state index in [0.29, 0.717) is 29.8 Å². The molecule has 2 fully saturated rings. The van der Waals surface area contributed by atoms with Crippen LogP contribution >= 0.6 is 13.5 Å². The SMILES string of the molecule is COc1cc(N2CCC(N3CCOCC3)CC2)ccc1Nc1ncc(-c2ccc(C#N)c(O[C@@H](C)Cn3ccnc3C)c2)cn1.S. The molecule has 4 heterocycles. The number of aryl methyl sites for hydroxylation is 1. The van der Waals surface area contributed by atoms with Crippen LogP contribution in [0.25, 0.3) is 11.1 Å². The standard InChI is InChI=1S/C34H40N8O3.H2S/c1-24(23-42-13-10-36-25(42)2)45-32-18-26(4-5-27(32)20-35)28-21-37-34(38-22-28)39-31-7-6-30(19-33(31)43-3)40-11-8-29(9-12-40)41-14-16-44-17-15-41;/h4-7,10,13,18-19,21-22,24,29H,8-9,11-12,14-17,23H2,1-3H3,(H,37,38,39);1H2/t24-;/m0./s1. The third-order valence-corrected chi connectivity index (χ3v) is 8.62. The number of methoxy groups -OCH3 is 1. The van der Waals surface area contributed by atoms with Gasteiger partial charge in [-0.3, -0.25) is 4.90 Å². The monoisotopic (exact) mass is 642 g/mol. The second-order valence-corrected chi connectivity index (χ2v) is 11.5. The van der Waals surface area contributed by atoms with Gasteiger partial charge < -0.3 is 29.0 Å². The number of morpholine rings is 1. The van der Waals surface area contributed by atoms with Gasteiger partial charge in [-0.15, -0.1) is 0 Å². The van der Waals surface area contributed by atoms with Crippen molar-refractivity contribution in [1.29, 1.82) is 5.26 Å². The average molecular weight is 643 g/mol. The summed E-state index contributed by atoms with van der Waals surface area (Å²) >= 11 is 0. The summed E-state index contributed by atoms with van der Waals surface area (Å²) < 4.78 is 19.5. The molecule has 0 bridgehead atoms. The minimum absolute atomic E-state index is 0. The van der Waals surface area contributed by atoms with Crippen LogP contribution in [0.15, 0.2) is 61.2 Å². The van der Waals surface area contributed by atoms with Gasteiger partial charge in [0.2, 0.25) is 5.95 Å². The Kier molecular flexibility index (Phi) is 11.0. The highest BCUT2D eigenvalue weighted by molar-refractivity contribution is 7.59. The number of nitriles is 1. The number of rotatable bonds is 10. The fraction of sp³-hybridized carbons (Fsp3) is 0.412. The van der Waals surface area contributed by atoms with Gasteiger partial charge >= 0.3 is 0 Å². The van der Waals surface area contributed by atoms with Crippen LogP contribution in [-0.4, -0.2) is 83.1 Å². The molecule has 4 aromatic rings. The lowest BCUT2D eigenvalue weighted by atomic mass is 10.0. The zero-order chi connectivity index (χ0) is 31.2. The van der Waals surface area contributed by atoms with E-state index in [-0.39, 0.29) is 19.6 Å². The summed E-state index contributed by atoms with van der Waals surface area (Å²) in [4.78, 5) is 18.4. The highest BCUT2D eigenvalue weighted by Crippen LogP contribution is 2.34. The van der Waals surface area contributed by atoms with Crippen molar-refractivity contribution in [2.45, 2.75) is 45.4 Å². The van der Waals surface area contributed by atoms with Crippen molar-refractivity contribution in [2.75, 3.05) is 56.7 Å². The van der Waals surface area contributed by atoms with Crippen LogP contribution in [0, 0.1) is 18.3 Å². The van der Waals surface area contributed by atoms with E-state index in [1.54, 1.807) is 31.8 Å². The van der Waals surface area contributed by atoms with Crippen LogP contribution in [0.4, 0.5) is 17.3 Å². The molecule has 2 aliphatic heterocycles. The number of piperidine rings is 1. The molecule has 46 heavy (non-hydrogen) atoms. The maximum atomic E-state index is 9.67. The predicted octanol–water partition coefficient (Wildman–Crippen LogP) is 5.15. The van der Waals surface area contributed by atoms with Crippen LogP contribution < -0.4 is 19.7 Å². The lowest BCUT2D eigenvalue weighted by Crippen LogP contribution is -2.49. The number of nitrogens with one attached hydrogen (secondary N) is 1. The number of benzene rings is 2. The summed E-state index contributed by atoms with van der Waals surface area (Å²) in [6, 6.07) is 14.6. The van der Waals surface area contributed by atoms with E-state index in [1.807, 2.05) is 42.8 Å². The van der Waals surface area contributed by atoms with Crippen molar-refractivity contribution in [3.63, 3.8) is 0 Å². The fourth-order valence-electron chi connectivity index (χ4n) is 6.09. The molecule has 0 unspecified atom stereocenters. The Balaban J connectivity index is 0.00000417. The quantitative estimate of drug-likeness (QED) is 0.249. The normalized spacial score (nSPS) is 16.3. The van der Waals surface area contributed by atoms with Crippen molar-refractivity contribution in [3.05, 3.63) is 72.6 Å². The molecule has 0 saturated carbocycles. The summed E-state index contributed by atoms with van der Waals surface area (Å²) in [5.41, 5.74) is 4.11. The van der Waals surface area contributed by atoms with Gasteiger partial charge in [-0.2, -0.15) is 18.8 Å². The van der Waals surface area contributed by atoms with E-state index >= 15 is 0 Å². The lowest BCUT2D eigenvalue weighted by molar-refractivity contribution is 0.0115. The maximum Gasteiger partial charge on any atom is 0.227 e. The Morgan fingerprint density at radius 3 is 2.43 bits per heavy atom. The minimum atomic E-state index is -0.161. The topological polar surface area (TPSA) is 114 Å². The minimum Gasteiger partial charge on any atom is -0.494 e. The summed E-state index contributed by atoms with van der Waals surface area (Å²) in [5.74, 6) is 2.64. The van der Waals surface area contributed by atoms with Crippen LogP contribution in [-0.2, 0) is 11.3 Å². The Hall–Kier alpha value is -4.31. The number of anilines is 3. The van der Waals surface area contributed by atoms with Crippen LogP contribution in [0.5, 0.6) is 11.5 Å². The molecule has 0 amide bonds. The molecule has 242 valence electrons. The highest BCUT2D eigenvalue weighted by Gasteiger charge is 2.26. The Labute approximate surface area is 277 Å². The second kappa shape index (κ2) is 15.3. The molecule has 0 radical (unpaired) electrons. The molecule has 2 aromatic heterocycles. The maximum absolute atomic E-state index is 9.67. The van der Waals surface area contributed by atoms with Crippen molar-refractivity contribution in [1.82, 2.24) is 24.4 Å². The first-order chi connectivity index (χ1) is 22.0. The third kappa shape index (κ3) is 7.73. The Morgan fingerprint density at radius 1 is 1.00 bits per heavy atom. The van der Waals surface area contributed by atoms with Crippen LogP contribution in [0.1, 0.15) is 31.2 Å². The van der Waals surface area contributed by atoms with Gasteiger partial charge in [0.1, 0.15) is 29.5 Å². The number of ether oxygens (including phenoxy) is 3. The molecule has 11 nitrogen and oxygen atoms in total. The zero-order valence-electron chi connectivity index (χ0n) is 26.6. The molecule has 12 heteroatoms. The first kappa shape index (κ1) is 33.1. The van der Waals surface area contributed by atoms with E-state index < -0.39 is 0 Å². The van der Waals surface area contributed by atoms with Gasteiger partial charge in [0.25, 0.3) is 0 Å². The summed E-state index contributed by atoms with van der Waals surface area (Å²) in [7, 11) is 1.68. The fourth-order valence-corrected chi connectivity index (χ4v) is 6.09. The number of aromatic nitrogens is 4. The van der Waals surface area contributed by atoms with E-state index in [4.69, 9.17) is 14.2 Å². The number of nitrogens with zero attached hydrogens (tertiary/aromatic N) is 7. The van der Waals surface area contributed by atoms with E-state index in [0.717, 1.165) is 86.3 Å². The number of imidazole rings is 1. The molecule has 2 aromatic carbocycles. The van der Waals surface area contributed by atoms with E-state index in [2.05, 4.69) is 48.3 Å². The number of hydrogen-bond acceptors (Lipinski definition) is 10. The second-order valence-electron chi connectivity index (χ2n) is 11.5. The van der Waals surface area contributed by atoms with Crippen LogP contribution in [0.2, 0.25) is 0 Å². The molecule has 0 spiro atoms. The van der Waals surface area contributed by atoms with Crippen molar-refractivity contribution >= 4 is 30.8 Å². The highest BCUT2D eigenvalue weighted by atomic mass is 32.1. The third-order valence-electron chi connectivity index (χ3n) is 8.62. The summed E-state index contributed by atoms with van der Waals surface area (Å²) in [6.45, 7) is 10.4. The summed E-state index contributed by atoms with van der Waals surface area (Å²) in [6.07, 6.45) is 9.36. The zero-order valence-corrected chi connectivity index (χ0v) is 27.6. The molecule has 1 N–H and O–H groups in total. The summed E-state index contributed by atoms with van der Waals surface area (Å²) in [5, 5.41) is 13.0. The predicted molar refractivity (Wildman–Crippen MR) is 184 cm³/mol. The van der Waals surface area contributed by atoms with Crippen molar-refractivity contribution in [2.24, 2.45) is 0 Å². The molecular weight excluding hydrogens is 600 g/mol. The van der Waals surface area contributed by atoms with Gasteiger partial charge in [0, 0.05) is 74.3 Å². The van der Waals surface area contributed by atoms with Gasteiger partial charge in [-0.25, -0.2) is 15.0 Å². The number of hydrogen-bond donors (Lipinski definition) is 1. The molecular formula is C34H42N8O3S. The van der Waals surface area contributed by atoms with Gasteiger partial charge in [-0.05, 0) is 56.5 Å². The Bertz CT molecular complexity index is 1630. The van der Waals surface area contributed by atoms with Crippen LogP contribution in [0.3, 0.4) is 0 Å². The molecule has 1 atom stereocenters. The Morgan fingerprint density at radius 2 is 1.76 bits per heavy atom. The molecule has 2 saturated heterocycles. The van der Waals surface area contributed by atoms with E-state index in [9.17, 15) is 5.26 Å². The molecule has 2 aliphatic rings. The van der Waals surface area contributed by atoms with E-state index in [1.165, 1.54) is 0 Å². The largest absolute Gasteiger partial charge is 0.494 e. The molecule has 6 rings (SSSR count). The van der Waals surface area contributed by atoms with Crippen molar-refractivity contribution in [3.8, 4) is 28.7 Å². The van der Waals surface area contributed by atoms with Crippen molar-refractivity contribution < 1.29 is 14.2 Å². The first-order valence-corrected chi connectivity index (χ1v) is 15.5. The lowest BCUT2D eigenvalue weighted by Gasteiger charge is -2.40. The smallest absolute Gasteiger partial charge is 0.227 e. The molecule has 0 aliphatic carbocycles. The van der Waals surface area contributed by atoms with Gasteiger partial charge in [0.15, 0.2) is 0 Å². The van der Waals surface area contributed by atoms with Gasteiger partial charge in [0.05, 0.1) is 38.1 Å². The van der Waals surface area contributed by atoms with Gasteiger partial charge in [-0.1, -0.05) is 6.07 Å². The first-order valence-electron chi connectivity index (χ1n) is 15.5.